The summed E-state index contributed by atoms with van der Waals surface area (Å²) < 4.78 is 0. The van der Waals surface area contributed by atoms with Gasteiger partial charge in [-0.1, -0.05) is 107 Å². The molecule has 0 saturated heterocycles. The summed E-state index contributed by atoms with van der Waals surface area (Å²) in [7, 11) is 0. The summed E-state index contributed by atoms with van der Waals surface area (Å²) in [4.78, 5) is 17.2. The number of aliphatic hydroxyl groups excluding tert-OH is 1. The van der Waals surface area contributed by atoms with E-state index in [0.29, 0.717) is 10.8 Å². The van der Waals surface area contributed by atoms with Crippen LogP contribution in [0.5, 0.6) is 0 Å². The predicted octanol–water partition coefficient (Wildman–Crippen LogP) is 9.02. The van der Waals surface area contributed by atoms with Crippen LogP contribution in [0.15, 0.2) is 67.9 Å². The van der Waals surface area contributed by atoms with Crippen LogP contribution in [-0.4, -0.2) is 22.2 Å². The van der Waals surface area contributed by atoms with Gasteiger partial charge in [-0.25, -0.2) is 0 Å². The van der Waals surface area contributed by atoms with Gasteiger partial charge in [0.25, 0.3) is 0 Å². The Hall–Kier alpha value is -1.23. The van der Waals surface area contributed by atoms with Crippen molar-refractivity contribution in [2.45, 2.75) is 94.4 Å². The SMILES string of the molecule is CC(C)(C)C1=CC(=CC2C(=O)C(=CC3=CC(C(C)(C)C)SC(C(C)(C)C)=C3)C2O)C=C(C(C)(C)C)S1. The molecular weight excluding hydrogens is 480 g/mol. The van der Waals surface area contributed by atoms with Gasteiger partial charge < -0.3 is 5.11 Å². The lowest BCUT2D eigenvalue weighted by atomic mass is 9.73. The van der Waals surface area contributed by atoms with Crippen molar-refractivity contribution in [1.82, 2.24) is 0 Å². The minimum absolute atomic E-state index is 0.0218. The Bertz CT molecular complexity index is 1060. The molecule has 3 rings (SSSR count). The van der Waals surface area contributed by atoms with Crippen LogP contribution in [0.3, 0.4) is 0 Å². The minimum atomic E-state index is -0.771. The van der Waals surface area contributed by atoms with Crippen LogP contribution in [0.2, 0.25) is 0 Å². The van der Waals surface area contributed by atoms with Crippen molar-refractivity contribution < 1.29 is 9.90 Å². The smallest absolute Gasteiger partial charge is 0.171 e. The van der Waals surface area contributed by atoms with Crippen molar-refractivity contribution in [3.63, 3.8) is 0 Å². The van der Waals surface area contributed by atoms with Crippen molar-refractivity contribution in [2.75, 3.05) is 0 Å². The molecule has 36 heavy (non-hydrogen) atoms. The minimum Gasteiger partial charge on any atom is -0.387 e. The van der Waals surface area contributed by atoms with E-state index in [1.807, 2.05) is 35.7 Å². The number of aliphatic hydroxyl groups is 1. The quantitative estimate of drug-likeness (QED) is 0.364. The fourth-order valence-corrected chi connectivity index (χ4v) is 6.78. The van der Waals surface area contributed by atoms with Crippen LogP contribution in [0, 0.1) is 27.6 Å². The summed E-state index contributed by atoms with van der Waals surface area (Å²) in [5.74, 6) is -0.464. The zero-order chi connectivity index (χ0) is 27.4. The molecule has 0 bridgehead atoms. The van der Waals surface area contributed by atoms with Gasteiger partial charge >= 0.3 is 0 Å². The van der Waals surface area contributed by atoms with Gasteiger partial charge in [0.2, 0.25) is 0 Å². The lowest BCUT2D eigenvalue weighted by Crippen LogP contribution is -2.44. The van der Waals surface area contributed by atoms with E-state index in [-0.39, 0.29) is 27.4 Å². The highest BCUT2D eigenvalue weighted by atomic mass is 32.2. The monoisotopic (exact) mass is 526 g/mol. The first-order valence-corrected chi connectivity index (χ1v) is 14.8. The van der Waals surface area contributed by atoms with Gasteiger partial charge in [-0.05, 0) is 71.8 Å². The van der Waals surface area contributed by atoms with Crippen LogP contribution in [0.25, 0.3) is 0 Å². The first-order valence-electron chi connectivity index (χ1n) is 13.1. The summed E-state index contributed by atoms with van der Waals surface area (Å²) in [5.41, 5.74) is 2.76. The summed E-state index contributed by atoms with van der Waals surface area (Å²) in [6.45, 7) is 26.8. The Morgan fingerprint density at radius 2 is 1.28 bits per heavy atom. The Morgan fingerprint density at radius 3 is 1.69 bits per heavy atom. The second-order valence-electron chi connectivity index (χ2n) is 14.6. The van der Waals surface area contributed by atoms with E-state index in [1.54, 1.807) is 0 Å². The average Bonchev–Trinajstić information content (AvgIpc) is 2.72. The molecule has 198 valence electrons. The van der Waals surface area contributed by atoms with Crippen molar-refractivity contribution in [3.05, 3.63) is 67.9 Å². The van der Waals surface area contributed by atoms with Crippen LogP contribution >= 0.6 is 23.5 Å². The maximum atomic E-state index is 13.3. The number of carbonyl (C=O) groups is 1. The van der Waals surface area contributed by atoms with E-state index >= 15 is 0 Å². The number of Topliss-reactive ketones (excluding diaryl/α,β-unsaturated/α-hetero) is 1. The Labute approximate surface area is 228 Å². The van der Waals surface area contributed by atoms with Gasteiger partial charge in [0.15, 0.2) is 5.78 Å². The first-order chi connectivity index (χ1) is 16.2. The molecule has 4 heteroatoms. The van der Waals surface area contributed by atoms with E-state index in [4.69, 9.17) is 0 Å². The van der Waals surface area contributed by atoms with Gasteiger partial charge in [0.1, 0.15) is 0 Å². The van der Waals surface area contributed by atoms with E-state index < -0.39 is 12.0 Å². The van der Waals surface area contributed by atoms with Crippen molar-refractivity contribution >= 4 is 29.3 Å². The third-order valence-electron chi connectivity index (χ3n) is 6.72. The number of hydrogen-bond donors (Lipinski definition) is 1. The topological polar surface area (TPSA) is 37.3 Å². The molecular formula is C32H46O2S2. The molecule has 3 aliphatic rings. The predicted molar refractivity (Wildman–Crippen MR) is 160 cm³/mol. The third kappa shape index (κ3) is 6.60. The summed E-state index contributed by atoms with van der Waals surface area (Å²) in [6, 6.07) is 0. The van der Waals surface area contributed by atoms with Crippen LogP contribution in [0.4, 0.5) is 0 Å². The molecule has 0 aromatic carbocycles. The van der Waals surface area contributed by atoms with E-state index in [2.05, 4.69) is 107 Å². The molecule has 1 aliphatic carbocycles. The van der Waals surface area contributed by atoms with Crippen LogP contribution in [0.1, 0.15) is 83.1 Å². The molecule has 3 atom stereocenters. The normalized spacial score (nSPS) is 27.2. The summed E-state index contributed by atoms with van der Waals surface area (Å²) >= 11 is 3.75. The highest BCUT2D eigenvalue weighted by molar-refractivity contribution is 8.06. The molecule has 0 radical (unpaired) electrons. The van der Waals surface area contributed by atoms with Gasteiger partial charge in [-0.3, -0.25) is 4.79 Å². The Morgan fingerprint density at radius 1 is 0.778 bits per heavy atom. The molecule has 2 nitrogen and oxygen atoms in total. The third-order valence-corrected chi connectivity index (χ3v) is 10.7. The molecule has 3 unspecified atom stereocenters. The van der Waals surface area contributed by atoms with E-state index in [0.717, 1.165) is 11.1 Å². The van der Waals surface area contributed by atoms with Gasteiger partial charge in [-0.2, -0.15) is 0 Å². The molecule has 0 aromatic rings. The standard InChI is InChI=1S/C32H46O2S2/c1-29(2,3)23-15-19(16-24(35-23)30(4,5)6)13-21-27(33)22(28(21)34)14-20-17-25(31(7,8)9)36-26(18-20)32(10,11)12/h13-18,21,25,27,33H,1-12H3. The van der Waals surface area contributed by atoms with Crippen LogP contribution < -0.4 is 0 Å². The van der Waals surface area contributed by atoms with E-state index in [9.17, 15) is 9.90 Å². The Kier molecular flexibility index (Phi) is 8.00. The van der Waals surface area contributed by atoms with Gasteiger partial charge in [0, 0.05) is 10.8 Å². The highest BCUT2D eigenvalue weighted by Crippen LogP contribution is 2.50. The lowest BCUT2D eigenvalue weighted by molar-refractivity contribution is -0.127. The molecule has 0 spiro atoms. The molecule has 0 amide bonds. The molecule has 2 heterocycles. The summed E-state index contributed by atoms with van der Waals surface area (Å²) in [5, 5.41) is 11.4. The number of hydrogen-bond acceptors (Lipinski definition) is 4. The molecule has 2 aliphatic heterocycles. The maximum Gasteiger partial charge on any atom is 0.171 e. The van der Waals surface area contributed by atoms with E-state index in [1.165, 1.54) is 14.7 Å². The maximum absolute atomic E-state index is 13.3. The van der Waals surface area contributed by atoms with Crippen molar-refractivity contribution in [3.8, 4) is 0 Å². The zero-order valence-electron chi connectivity index (χ0n) is 24.4. The molecule has 0 aromatic heterocycles. The van der Waals surface area contributed by atoms with Crippen molar-refractivity contribution in [1.29, 1.82) is 0 Å². The number of carbonyl (C=O) groups excluding carboxylic acids is 1. The van der Waals surface area contributed by atoms with Gasteiger partial charge in [0.05, 0.1) is 12.0 Å². The Balaban J connectivity index is 1.94. The fourth-order valence-electron chi connectivity index (χ4n) is 4.14. The lowest BCUT2D eigenvalue weighted by Gasteiger charge is -2.37. The second kappa shape index (κ2) is 9.82. The fraction of sp³-hybridized carbons (Fsp3) is 0.594. The number of ketones is 1. The van der Waals surface area contributed by atoms with Crippen molar-refractivity contribution in [2.24, 2.45) is 27.6 Å². The summed E-state index contributed by atoms with van der Waals surface area (Å²) in [6.07, 6.45) is 12.0. The average molecular weight is 527 g/mol. The molecule has 1 N–H and O–H groups in total. The number of thioether (sulfide) groups is 2. The first kappa shape index (κ1) is 29.3. The highest BCUT2D eigenvalue weighted by Gasteiger charge is 2.43. The largest absolute Gasteiger partial charge is 0.387 e. The second-order valence-corrected chi connectivity index (χ2v) is 16.8. The molecule has 1 fully saturated rings. The number of rotatable bonds is 2. The zero-order valence-corrected chi connectivity index (χ0v) is 26.0. The van der Waals surface area contributed by atoms with Gasteiger partial charge in [-0.15, -0.1) is 11.8 Å². The molecule has 1 saturated carbocycles. The van der Waals surface area contributed by atoms with Crippen LogP contribution in [-0.2, 0) is 4.79 Å². The number of allylic oxidation sites excluding steroid dienone is 9.